The molecule has 0 saturated carbocycles. The number of rotatable bonds is 5. The fraction of sp³-hybridized carbons (Fsp3) is 0.158. The fourth-order valence-electron chi connectivity index (χ4n) is 2.51. The summed E-state index contributed by atoms with van der Waals surface area (Å²) in [5, 5.41) is 2.35. The van der Waals surface area contributed by atoms with E-state index in [4.69, 9.17) is 4.42 Å². The molecule has 27 heavy (non-hydrogen) atoms. The van der Waals surface area contributed by atoms with Crippen LogP contribution < -0.4 is 5.32 Å². The van der Waals surface area contributed by atoms with E-state index in [0.29, 0.717) is 11.5 Å². The summed E-state index contributed by atoms with van der Waals surface area (Å²) in [6.45, 7) is 0.200. The van der Waals surface area contributed by atoms with Crippen molar-refractivity contribution in [3.8, 4) is 0 Å². The summed E-state index contributed by atoms with van der Waals surface area (Å²) in [6.07, 6.45) is -1.53. The van der Waals surface area contributed by atoms with Crippen LogP contribution in [0.3, 0.4) is 0 Å². The van der Waals surface area contributed by atoms with E-state index in [9.17, 15) is 18.0 Å². The minimum Gasteiger partial charge on any atom is -0.467 e. The summed E-state index contributed by atoms with van der Waals surface area (Å²) in [6, 6.07) is 12.7. The molecule has 8 heteroatoms. The lowest BCUT2D eigenvalue weighted by molar-refractivity contribution is -0.136. The number of urea groups is 1. The van der Waals surface area contributed by atoms with Crippen LogP contribution in [0.25, 0.3) is 0 Å². The molecule has 0 atom stereocenters. The summed E-state index contributed by atoms with van der Waals surface area (Å²) in [5.74, 6) is 0.505. The number of furan rings is 1. The SMILES string of the molecule is O=C(Nc1ccccc1C(F)(F)F)N(Cc1ccccn1)Cc1ccco1. The number of pyridine rings is 1. The molecule has 0 bridgehead atoms. The highest BCUT2D eigenvalue weighted by atomic mass is 19.4. The van der Waals surface area contributed by atoms with E-state index in [1.807, 2.05) is 0 Å². The first kappa shape index (κ1) is 18.5. The largest absolute Gasteiger partial charge is 0.467 e. The van der Waals surface area contributed by atoms with Crippen LogP contribution in [-0.4, -0.2) is 15.9 Å². The van der Waals surface area contributed by atoms with Crippen LogP contribution in [-0.2, 0) is 19.3 Å². The normalized spacial score (nSPS) is 11.2. The van der Waals surface area contributed by atoms with Gasteiger partial charge in [-0.15, -0.1) is 0 Å². The molecule has 0 spiro atoms. The summed E-state index contributed by atoms with van der Waals surface area (Å²) < 4.78 is 44.7. The molecular weight excluding hydrogens is 359 g/mol. The van der Waals surface area contributed by atoms with Gasteiger partial charge >= 0.3 is 12.2 Å². The first-order chi connectivity index (χ1) is 12.9. The average Bonchev–Trinajstić information content (AvgIpc) is 3.15. The van der Waals surface area contributed by atoms with Crippen LogP contribution in [0.5, 0.6) is 0 Å². The number of amides is 2. The summed E-state index contributed by atoms with van der Waals surface area (Å²) >= 11 is 0. The fourth-order valence-corrected chi connectivity index (χ4v) is 2.51. The van der Waals surface area contributed by atoms with E-state index >= 15 is 0 Å². The van der Waals surface area contributed by atoms with Crippen LogP contribution in [0.2, 0.25) is 0 Å². The number of para-hydroxylation sites is 1. The Balaban J connectivity index is 1.83. The van der Waals surface area contributed by atoms with E-state index in [0.717, 1.165) is 6.07 Å². The van der Waals surface area contributed by atoms with E-state index in [-0.39, 0.29) is 18.8 Å². The number of alkyl halides is 3. The smallest absolute Gasteiger partial charge is 0.418 e. The molecule has 2 aromatic heterocycles. The Morgan fingerprint density at radius 2 is 1.81 bits per heavy atom. The zero-order chi connectivity index (χ0) is 19.3. The second-order valence-corrected chi connectivity index (χ2v) is 5.73. The number of halogens is 3. The van der Waals surface area contributed by atoms with Gasteiger partial charge in [0.25, 0.3) is 0 Å². The molecule has 0 radical (unpaired) electrons. The minimum absolute atomic E-state index is 0.0869. The van der Waals surface area contributed by atoms with Gasteiger partial charge in [0.1, 0.15) is 5.76 Å². The molecule has 1 N–H and O–H groups in total. The van der Waals surface area contributed by atoms with Crippen molar-refractivity contribution in [2.45, 2.75) is 19.3 Å². The van der Waals surface area contributed by atoms with E-state index in [1.165, 1.54) is 29.4 Å². The van der Waals surface area contributed by atoms with Gasteiger partial charge in [-0.2, -0.15) is 13.2 Å². The van der Waals surface area contributed by atoms with Crippen LogP contribution in [0, 0.1) is 0 Å². The predicted octanol–water partition coefficient (Wildman–Crippen LogP) is 4.93. The van der Waals surface area contributed by atoms with Crippen LogP contribution in [0.15, 0.2) is 71.5 Å². The van der Waals surface area contributed by atoms with Crippen molar-refractivity contribution in [1.82, 2.24) is 9.88 Å². The monoisotopic (exact) mass is 375 g/mol. The van der Waals surface area contributed by atoms with Crippen molar-refractivity contribution in [1.29, 1.82) is 0 Å². The number of carbonyl (C=O) groups is 1. The van der Waals surface area contributed by atoms with Gasteiger partial charge < -0.3 is 14.6 Å². The van der Waals surface area contributed by atoms with Gasteiger partial charge in [-0.3, -0.25) is 4.98 Å². The van der Waals surface area contributed by atoms with E-state index in [2.05, 4.69) is 10.3 Å². The van der Waals surface area contributed by atoms with E-state index in [1.54, 1.807) is 36.5 Å². The Morgan fingerprint density at radius 1 is 1.04 bits per heavy atom. The summed E-state index contributed by atoms with van der Waals surface area (Å²) in [7, 11) is 0. The molecule has 0 aliphatic rings. The van der Waals surface area contributed by atoms with Crippen LogP contribution >= 0.6 is 0 Å². The quantitative estimate of drug-likeness (QED) is 0.688. The van der Waals surface area contributed by atoms with Crippen molar-refractivity contribution < 1.29 is 22.4 Å². The number of benzene rings is 1. The van der Waals surface area contributed by atoms with Crippen LogP contribution in [0.4, 0.5) is 23.7 Å². The maximum Gasteiger partial charge on any atom is 0.418 e. The highest BCUT2D eigenvalue weighted by molar-refractivity contribution is 5.90. The first-order valence-corrected chi connectivity index (χ1v) is 8.08. The molecule has 0 aliphatic heterocycles. The number of carbonyl (C=O) groups excluding carboxylic acids is 1. The molecule has 3 rings (SSSR count). The molecule has 2 amide bonds. The second-order valence-electron chi connectivity index (χ2n) is 5.73. The van der Waals surface area contributed by atoms with Crippen molar-refractivity contribution in [2.75, 3.05) is 5.32 Å². The Morgan fingerprint density at radius 3 is 2.48 bits per heavy atom. The molecule has 2 heterocycles. The highest BCUT2D eigenvalue weighted by Gasteiger charge is 2.34. The molecule has 5 nitrogen and oxygen atoms in total. The second kappa shape index (κ2) is 7.94. The topological polar surface area (TPSA) is 58.4 Å². The first-order valence-electron chi connectivity index (χ1n) is 8.08. The van der Waals surface area contributed by atoms with Gasteiger partial charge in [0.2, 0.25) is 0 Å². The third kappa shape index (κ3) is 4.87. The maximum atomic E-state index is 13.2. The average molecular weight is 375 g/mol. The molecule has 0 fully saturated rings. The zero-order valence-electron chi connectivity index (χ0n) is 14.1. The Kier molecular flexibility index (Phi) is 5.44. The lowest BCUT2D eigenvalue weighted by Crippen LogP contribution is -2.34. The number of anilines is 1. The molecule has 0 aliphatic carbocycles. The van der Waals surface area contributed by atoms with Gasteiger partial charge in [-0.25, -0.2) is 4.79 Å². The Hall–Kier alpha value is -3.29. The van der Waals surface area contributed by atoms with Crippen molar-refractivity contribution in [3.05, 3.63) is 84.1 Å². The van der Waals surface area contributed by atoms with Gasteiger partial charge in [0, 0.05) is 6.20 Å². The van der Waals surface area contributed by atoms with Crippen molar-refractivity contribution in [2.24, 2.45) is 0 Å². The molecule has 1 aromatic carbocycles. The summed E-state index contributed by atoms with van der Waals surface area (Å²) in [5.41, 5.74) is -0.613. The number of nitrogens with one attached hydrogen (secondary N) is 1. The number of nitrogens with zero attached hydrogens (tertiary/aromatic N) is 2. The lowest BCUT2D eigenvalue weighted by atomic mass is 10.1. The van der Waals surface area contributed by atoms with E-state index < -0.39 is 17.8 Å². The third-order valence-electron chi connectivity index (χ3n) is 3.77. The summed E-state index contributed by atoms with van der Waals surface area (Å²) in [4.78, 5) is 18.2. The minimum atomic E-state index is -4.57. The predicted molar refractivity (Wildman–Crippen MR) is 92.7 cm³/mol. The maximum absolute atomic E-state index is 13.2. The Bertz CT molecular complexity index is 881. The number of aromatic nitrogens is 1. The zero-order valence-corrected chi connectivity index (χ0v) is 14.1. The number of hydrogen-bond donors (Lipinski definition) is 1. The van der Waals surface area contributed by atoms with Crippen molar-refractivity contribution >= 4 is 11.7 Å². The molecule has 0 unspecified atom stereocenters. The van der Waals surface area contributed by atoms with Crippen LogP contribution in [0.1, 0.15) is 17.0 Å². The molecule has 140 valence electrons. The highest BCUT2D eigenvalue weighted by Crippen LogP contribution is 2.34. The molecule has 3 aromatic rings. The van der Waals surface area contributed by atoms with Gasteiger partial charge in [-0.1, -0.05) is 18.2 Å². The van der Waals surface area contributed by atoms with Gasteiger partial charge in [0.15, 0.2) is 0 Å². The van der Waals surface area contributed by atoms with Gasteiger partial charge in [-0.05, 0) is 36.4 Å². The molecular formula is C19H16F3N3O2. The number of hydrogen-bond acceptors (Lipinski definition) is 3. The molecule has 0 saturated heterocycles. The van der Waals surface area contributed by atoms with Gasteiger partial charge in [0.05, 0.1) is 36.3 Å². The lowest BCUT2D eigenvalue weighted by Gasteiger charge is -2.23. The Labute approximate surface area is 153 Å². The standard InChI is InChI=1S/C19H16F3N3O2/c20-19(21,22)16-8-1-2-9-17(16)24-18(26)25(13-15-7-5-11-27-15)12-14-6-3-4-10-23-14/h1-11H,12-13H2,(H,24,26). The third-order valence-corrected chi connectivity index (χ3v) is 3.77. The van der Waals surface area contributed by atoms with Crippen molar-refractivity contribution in [3.63, 3.8) is 0 Å².